The number of thiazole rings is 1. The molecule has 0 unspecified atom stereocenters. The van der Waals surface area contributed by atoms with Crippen molar-refractivity contribution in [1.29, 1.82) is 0 Å². The normalized spacial score (nSPS) is 19.9. The van der Waals surface area contributed by atoms with E-state index in [-0.39, 0.29) is 24.7 Å². The number of aromatic nitrogens is 3. The monoisotopic (exact) mass is 658 g/mol. The molecule has 4 heterocycles. The Morgan fingerprint density at radius 1 is 1.36 bits per heavy atom. The van der Waals surface area contributed by atoms with Gasteiger partial charge < -0.3 is 14.6 Å². The predicted molar refractivity (Wildman–Crippen MR) is 143 cm³/mol. The van der Waals surface area contributed by atoms with E-state index >= 15 is 0 Å². The highest BCUT2D eigenvalue weighted by Gasteiger charge is 2.43. The largest absolute Gasteiger partial charge is 0.463 e. The van der Waals surface area contributed by atoms with E-state index < -0.39 is 28.1 Å². The number of sulfonamides is 1. The van der Waals surface area contributed by atoms with Crippen molar-refractivity contribution in [3.05, 3.63) is 72.6 Å². The third kappa shape index (κ3) is 4.81. The molecule has 0 bridgehead atoms. The van der Waals surface area contributed by atoms with Gasteiger partial charge in [-0.05, 0) is 41.6 Å². The van der Waals surface area contributed by atoms with Crippen LogP contribution < -0.4 is 4.72 Å². The van der Waals surface area contributed by atoms with Crippen molar-refractivity contribution in [2.75, 3.05) is 13.2 Å². The number of amidine groups is 1. The summed E-state index contributed by atoms with van der Waals surface area (Å²) in [5, 5.41) is 2.78. The minimum atomic E-state index is -3.90. The Kier molecular flexibility index (Phi) is 7.18. The van der Waals surface area contributed by atoms with Crippen LogP contribution in [0, 0.1) is 3.57 Å². The maximum atomic E-state index is 13.3. The number of esters is 1. The van der Waals surface area contributed by atoms with Crippen LogP contribution in [0.2, 0.25) is 5.02 Å². The lowest BCUT2D eigenvalue weighted by Crippen LogP contribution is -2.40. The summed E-state index contributed by atoms with van der Waals surface area (Å²) in [6, 6.07) is 4.27. The average molecular weight is 659 g/mol. The number of aliphatic imine (C=N–C) groups is 1. The highest BCUT2D eigenvalue weighted by molar-refractivity contribution is 14.1. The molecule has 0 spiro atoms. The van der Waals surface area contributed by atoms with Crippen molar-refractivity contribution in [2.45, 2.75) is 30.6 Å². The fraction of sp³-hybridized carbons (Fsp3) is 0.273. The van der Waals surface area contributed by atoms with Gasteiger partial charge in [0, 0.05) is 62.8 Å². The van der Waals surface area contributed by atoms with Gasteiger partial charge in [0.25, 0.3) is 10.0 Å². The highest BCUT2D eigenvalue weighted by Crippen LogP contribution is 2.43. The molecule has 5 rings (SSSR count). The maximum Gasteiger partial charge on any atom is 0.338 e. The molecule has 2 aliphatic rings. The molecule has 0 saturated carbocycles. The summed E-state index contributed by atoms with van der Waals surface area (Å²) in [6.07, 6.45) is 4.73. The Morgan fingerprint density at radius 3 is 2.86 bits per heavy atom. The van der Waals surface area contributed by atoms with Crippen LogP contribution in [0.25, 0.3) is 0 Å². The average Bonchev–Trinajstić information content (AvgIpc) is 3.59. The minimum Gasteiger partial charge on any atom is -0.463 e. The van der Waals surface area contributed by atoms with Crippen LogP contribution >= 0.6 is 45.5 Å². The zero-order chi connectivity index (χ0) is 25.4. The highest BCUT2D eigenvalue weighted by atomic mass is 127. The number of fused-ring (bicyclic) bond motifs is 1. The number of H-pyrrole nitrogens is 1. The van der Waals surface area contributed by atoms with Crippen LogP contribution in [0.3, 0.4) is 0 Å². The Morgan fingerprint density at radius 2 is 2.19 bits per heavy atom. The number of hydrogen-bond donors (Lipinski definition) is 2. The van der Waals surface area contributed by atoms with Crippen molar-refractivity contribution in [2.24, 2.45) is 4.99 Å². The molecule has 0 radical (unpaired) electrons. The molecule has 2 aromatic heterocycles. The molecule has 0 aliphatic carbocycles. The van der Waals surface area contributed by atoms with E-state index in [0.717, 1.165) is 3.57 Å². The molecule has 0 amide bonds. The number of ether oxygens (including phenoxy) is 1. The molecule has 14 heteroatoms. The molecule has 10 nitrogen and oxygen atoms in total. The summed E-state index contributed by atoms with van der Waals surface area (Å²) in [4.78, 5) is 31.0. The number of carbonyl (C=O) groups is 1. The molecule has 188 valence electrons. The number of carbonyl (C=O) groups excluding carboxylic acids is 1. The number of imidazole rings is 1. The van der Waals surface area contributed by atoms with Gasteiger partial charge in [-0.25, -0.2) is 27.9 Å². The van der Waals surface area contributed by atoms with E-state index in [0.29, 0.717) is 32.7 Å². The lowest BCUT2D eigenvalue weighted by atomic mass is 9.94. The SMILES string of the molecule is CCOC(=O)C1=C2C[C@H](NS(=O)(=O)c3ncc[nH]3)CN2C(c2nccs2)=N[C@H]1c1ccc(I)cc1Cl. The Balaban J connectivity index is 1.62. The van der Waals surface area contributed by atoms with Crippen molar-refractivity contribution < 1.29 is 17.9 Å². The first-order valence-electron chi connectivity index (χ1n) is 10.9. The third-order valence-electron chi connectivity index (χ3n) is 5.69. The van der Waals surface area contributed by atoms with Crippen molar-refractivity contribution >= 4 is 67.4 Å². The molecule has 2 atom stereocenters. The summed E-state index contributed by atoms with van der Waals surface area (Å²) in [5.41, 5.74) is 1.61. The Bertz CT molecular complexity index is 1460. The van der Waals surface area contributed by atoms with Crippen LogP contribution in [-0.2, 0) is 19.6 Å². The van der Waals surface area contributed by atoms with Crippen LogP contribution in [0.15, 0.2) is 63.6 Å². The lowest BCUT2D eigenvalue weighted by molar-refractivity contribution is -0.139. The zero-order valence-electron chi connectivity index (χ0n) is 18.8. The van der Waals surface area contributed by atoms with E-state index in [1.54, 1.807) is 13.1 Å². The molecule has 3 aromatic rings. The van der Waals surface area contributed by atoms with Crippen LogP contribution in [0.1, 0.15) is 30.0 Å². The number of aromatic amines is 1. The van der Waals surface area contributed by atoms with Gasteiger partial charge in [0.1, 0.15) is 6.04 Å². The van der Waals surface area contributed by atoms with Gasteiger partial charge in [-0.15, -0.1) is 11.3 Å². The van der Waals surface area contributed by atoms with E-state index in [1.165, 1.54) is 23.7 Å². The van der Waals surface area contributed by atoms with Gasteiger partial charge in [0.15, 0.2) is 10.8 Å². The first-order chi connectivity index (χ1) is 17.3. The summed E-state index contributed by atoms with van der Waals surface area (Å²) < 4.78 is 34.8. The molecule has 2 N–H and O–H groups in total. The van der Waals surface area contributed by atoms with Gasteiger partial charge in [0.2, 0.25) is 5.16 Å². The van der Waals surface area contributed by atoms with Gasteiger partial charge >= 0.3 is 5.97 Å². The summed E-state index contributed by atoms with van der Waals surface area (Å²) in [7, 11) is -3.90. The van der Waals surface area contributed by atoms with Crippen LogP contribution in [0.4, 0.5) is 0 Å². The topological polar surface area (TPSA) is 130 Å². The first kappa shape index (κ1) is 25.3. The fourth-order valence-electron chi connectivity index (χ4n) is 4.27. The summed E-state index contributed by atoms with van der Waals surface area (Å²) in [5.74, 6) is 0.0287. The zero-order valence-corrected chi connectivity index (χ0v) is 23.4. The summed E-state index contributed by atoms with van der Waals surface area (Å²) >= 11 is 10.2. The van der Waals surface area contributed by atoms with Gasteiger partial charge in [-0.1, -0.05) is 17.7 Å². The Labute approximate surface area is 230 Å². The van der Waals surface area contributed by atoms with Crippen LogP contribution in [0.5, 0.6) is 0 Å². The van der Waals surface area contributed by atoms with Crippen molar-refractivity contribution in [3.8, 4) is 0 Å². The number of benzene rings is 1. The maximum absolute atomic E-state index is 13.3. The summed E-state index contributed by atoms with van der Waals surface area (Å²) in [6.45, 7) is 2.17. The van der Waals surface area contributed by atoms with E-state index in [9.17, 15) is 13.2 Å². The van der Waals surface area contributed by atoms with Crippen LogP contribution in [-0.4, -0.2) is 59.3 Å². The van der Waals surface area contributed by atoms with Gasteiger partial charge in [0.05, 0.1) is 12.2 Å². The Hall–Kier alpha value is -2.33. The predicted octanol–water partition coefficient (Wildman–Crippen LogP) is 3.50. The van der Waals surface area contributed by atoms with Crippen molar-refractivity contribution in [3.63, 3.8) is 0 Å². The van der Waals surface area contributed by atoms with Gasteiger partial charge in [-0.2, -0.15) is 0 Å². The number of hydrogen-bond acceptors (Lipinski definition) is 9. The second-order valence-corrected chi connectivity index (χ2v) is 12.1. The van der Waals surface area contributed by atoms with Gasteiger partial charge in [-0.3, -0.25) is 4.99 Å². The first-order valence-corrected chi connectivity index (χ1v) is 14.7. The quantitative estimate of drug-likeness (QED) is 0.294. The van der Waals surface area contributed by atoms with Crippen molar-refractivity contribution in [1.82, 2.24) is 24.6 Å². The molecule has 1 saturated heterocycles. The van der Waals surface area contributed by atoms with E-state index in [1.807, 2.05) is 28.5 Å². The number of rotatable bonds is 7. The standard InChI is InChI=1S/C22H20ClIN6O4S2/c1-2-34-21(31)17-16-10-13(29-36(32,33)22-26-5-6-27-22)11-30(16)19(20-25-7-8-35-20)28-18(17)14-4-3-12(24)9-15(14)23/h3-9,13,18,29H,2,10-11H2,1H3,(H,26,27)/t13-,18-/m0/s1. The molecule has 36 heavy (non-hydrogen) atoms. The number of nitrogens with one attached hydrogen (secondary N) is 2. The minimum absolute atomic E-state index is 0.177. The van der Waals surface area contributed by atoms with E-state index in [2.05, 4.69) is 42.3 Å². The van der Waals surface area contributed by atoms with E-state index in [4.69, 9.17) is 21.3 Å². The second kappa shape index (κ2) is 10.2. The molecule has 1 fully saturated rings. The molecular formula is C22H20ClIN6O4S2. The number of halogens is 2. The number of nitrogens with zero attached hydrogens (tertiary/aromatic N) is 4. The lowest BCUT2D eigenvalue weighted by Gasteiger charge is -2.31. The third-order valence-corrected chi connectivity index (χ3v) is 8.83. The molecule has 1 aromatic carbocycles. The fourth-order valence-corrected chi connectivity index (χ4v) is 7.00. The second-order valence-electron chi connectivity index (χ2n) is 7.97. The molecular weight excluding hydrogens is 639 g/mol. The molecule has 2 aliphatic heterocycles. The smallest absolute Gasteiger partial charge is 0.338 e.